The molecule has 2 rings (SSSR count). The highest BCUT2D eigenvalue weighted by molar-refractivity contribution is 7.81. The van der Waals surface area contributed by atoms with Gasteiger partial charge in [0.2, 0.25) is 5.91 Å². The van der Waals surface area contributed by atoms with Gasteiger partial charge in [-0.25, -0.2) is 0 Å². The summed E-state index contributed by atoms with van der Waals surface area (Å²) in [5, 5.41) is 11.0. The minimum atomic E-state index is -0.582. The minimum absolute atomic E-state index is 0.125. The first-order valence-electron chi connectivity index (χ1n) is 5.68. The number of carbonyl (C=O) groups is 2. The first kappa shape index (κ1) is 13.5. The molecule has 0 radical (unpaired) electrons. The zero-order valence-corrected chi connectivity index (χ0v) is 11.1. The van der Waals surface area contributed by atoms with E-state index in [9.17, 15) is 19.7 Å². The lowest BCUT2D eigenvalue weighted by Gasteiger charge is -2.16. The van der Waals surface area contributed by atoms with Gasteiger partial charge in [-0.05, 0) is 19.1 Å². The van der Waals surface area contributed by atoms with Gasteiger partial charge in [-0.1, -0.05) is 0 Å². The summed E-state index contributed by atoms with van der Waals surface area (Å²) in [6, 6.07) is 4.14. The number of benzene rings is 1. The molecule has 1 aliphatic rings. The first-order chi connectivity index (χ1) is 8.90. The minimum Gasteiger partial charge on any atom is -0.305 e. The molecule has 1 amide bonds. The molecule has 1 aliphatic heterocycles. The maximum absolute atomic E-state index is 11.8. The third kappa shape index (κ3) is 2.60. The van der Waals surface area contributed by atoms with Crippen LogP contribution in [0.25, 0.3) is 0 Å². The molecule has 0 saturated carbocycles. The second kappa shape index (κ2) is 5.00. The Bertz CT molecular complexity index is 573. The Morgan fingerprint density at radius 3 is 2.68 bits per heavy atom. The molecular formula is C12H12N2O4S. The van der Waals surface area contributed by atoms with Crippen LogP contribution < -0.4 is 4.90 Å². The SMILES string of the molecule is CC(=O)c1ccc(N2CC(S)CC2=O)c([N+](=O)[O-])c1. The van der Waals surface area contributed by atoms with Gasteiger partial charge in [-0.2, -0.15) is 12.6 Å². The van der Waals surface area contributed by atoms with Crippen LogP contribution in [0.15, 0.2) is 18.2 Å². The van der Waals surface area contributed by atoms with Crippen LogP contribution in [0.1, 0.15) is 23.7 Å². The molecule has 0 N–H and O–H groups in total. The van der Waals surface area contributed by atoms with Gasteiger partial charge in [-0.15, -0.1) is 0 Å². The summed E-state index contributed by atoms with van der Waals surface area (Å²) in [6.45, 7) is 1.67. The Balaban J connectivity index is 2.48. The van der Waals surface area contributed by atoms with E-state index in [1.54, 1.807) is 0 Å². The van der Waals surface area contributed by atoms with Crippen LogP contribution in [0.4, 0.5) is 11.4 Å². The van der Waals surface area contributed by atoms with Gasteiger partial charge in [0, 0.05) is 29.8 Å². The van der Waals surface area contributed by atoms with Crippen molar-refractivity contribution in [2.24, 2.45) is 0 Å². The molecular weight excluding hydrogens is 268 g/mol. The fraction of sp³-hybridized carbons (Fsp3) is 0.333. The van der Waals surface area contributed by atoms with Crippen molar-refractivity contribution in [2.75, 3.05) is 11.4 Å². The van der Waals surface area contributed by atoms with E-state index in [-0.39, 0.29) is 40.3 Å². The molecule has 19 heavy (non-hydrogen) atoms. The molecule has 6 nitrogen and oxygen atoms in total. The summed E-state index contributed by atoms with van der Waals surface area (Å²) in [4.78, 5) is 34.9. The Labute approximate surface area is 115 Å². The number of hydrogen-bond donors (Lipinski definition) is 1. The van der Waals surface area contributed by atoms with Crippen molar-refractivity contribution in [2.45, 2.75) is 18.6 Å². The second-order valence-corrected chi connectivity index (χ2v) is 5.11. The predicted molar refractivity (Wildman–Crippen MR) is 72.8 cm³/mol. The van der Waals surface area contributed by atoms with E-state index in [1.807, 2.05) is 0 Å². The first-order valence-corrected chi connectivity index (χ1v) is 6.19. The molecule has 1 saturated heterocycles. The van der Waals surface area contributed by atoms with Crippen LogP contribution in [0, 0.1) is 10.1 Å². The van der Waals surface area contributed by atoms with Crippen LogP contribution in [-0.4, -0.2) is 28.4 Å². The summed E-state index contributed by atoms with van der Waals surface area (Å²) in [5.41, 5.74) is 0.240. The number of nitro groups is 1. The second-order valence-electron chi connectivity index (χ2n) is 4.38. The molecule has 1 atom stereocenters. The number of carbonyl (C=O) groups excluding carboxylic acids is 2. The van der Waals surface area contributed by atoms with Crippen LogP contribution in [-0.2, 0) is 4.79 Å². The summed E-state index contributed by atoms with van der Waals surface area (Å²) < 4.78 is 0. The molecule has 100 valence electrons. The van der Waals surface area contributed by atoms with Crippen LogP contribution in [0.3, 0.4) is 0 Å². The molecule has 1 heterocycles. The molecule has 1 unspecified atom stereocenters. The lowest BCUT2D eigenvalue weighted by molar-refractivity contribution is -0.384. The summed E-state index contributed by atoms with van der Waals surface area (Å²) in [7, 11) is 0. The third-order valence-electron chi connectivity index (χ3n) is 2.97. The summed E-state index contributed by atoms with van der Waals surface area (Å²) in [5.74, 6) is -0.451. The highest BCUT2D eigenvalue weighted by Gasteiger charge is 2.32. The number of amides is 1. The number of hydrogen-bond acceptors (Lipinski definition) is 5. The molecule has 1 fully saturated rings. The monoisotopic (exact) mass is 280 g/mol. The number of nitrogens with zero attached hydrogens (tertiary/aromatic N) is 2. The topological polar surface area (TPSA) is 80.5 Å². The highest BCUT2D eigenvalue weighted by Crippen LogP contribution is 2.33. The number of rotatable bonds is 3. The summed E-state index contributed by atoms with van der Waals surface area (Å²) >= 11 is 4.21. The molecule has 1 aromatic carbocycles. The fourth-order valence-electron chi connectivity index (χ4n) is 2.04. The molecule has 0 spiro atoms. The van der Waals surface area contributed by atoms with Crippen molar-refractivity contribution < 1.29 is 14.5 Å². The Morgan fingerprint density at radius 1 is 1.53 bits per heavy atom. The predicted octanol–water partition coefficient (Wildman–Crippen LogP) is 1.83. The number of Topliss-reactive ketones (excluding diaryl/α,β-unsaturated/α-hetero) is 1. The quantitative estimate of drug-likeness (QED) is 0.396. The number of thiol groups is 1. The van der Waals surface area contributed by atoms with Crippen LogP contribution in [0.2, 0.25) is 0 Å². The van der Waals surface area contributed by atoms with Gasteiger partial charge in [0.1, 0.15) is 5.69 Å². The standard InChI is InChI=1S/C12H12N2O4S/c1-7(15)8-2-3-10(11(4-8)14(17)18)13-6-9(19)5-12(13)16/h2-4,9,19H,5-6H2,1H3. The lowest BCUT2D eigenvalue weighted by Crippen LogP contribution is -2.25. The van der Waals surface area contributed by atoms with Crippen molar-refractivity contribution in [3.63, 3.8) is 0 Å². The van der Waals surface area contributed by atoms with E-state index < -0.39 is 4.92 Å². The van der Waals surface area contributed by atoms with Crippen molar-refractivity contribution in [3.8, 4) is 0 Å². The Kier molecular flexibility index (Phi) is 3.57. The largest absolute Gasteiger partial charge is 0.305 e. The lowest BCUT2D eigenvalue weighted by atomic mass is 10.1. The van der Waals surface area contributed by atoms with Crippen molar-refractivity contribution in [3.05, 3.63) is 33.9 Å². The van der Waals surface area contributed by atoms with E-state index in [2.05, 4.69) is 12.6 Å². The Hall–Kier alpha value is -1.89. The molecule has 1 aromatic rings. The molecule has 0 bridgehead atoms. The van der Waals surface area contributed by atoms with Gasteiger partial charge in [0.05, 0.1) is 4.92 Å². The van der Waals surface area contributed by atoms with Crippen molar-refractivity contribution >= 4 is 35.7 Å². The van der Waals surface area contributed by atoms with E-state index in [0.29, 0.717) is 6.54 Å². The molecule has 0 aromatic heterocycles. The highest BCUT2D eigenvalue weighted by atomic mass is 32.1. The smallest absolute Gasteiger partial charge is 0.293 e. The summed E-state index contributed by atoms with van der Waals surface area (Å²) in [6.07, 6.45) is 0.259. The molecule has 0 aliphatic carbocycles. The van der Waals surface area contributed by atoms with Gasteiger partial charge >= 0.3 is 0 Å². The van der Waals surface area contributed by atoms with E-state index in [1.165, 1.54) is 30.0 Å². The van der Waals surface area contributed by atoms with Crippen molar-refractivity contribution in [1.82, 2.24) is 0 Å². The number of nitro benzene ring substituents is 1. The van der Waals surface area contributed by atoms with E-state index in [0.717, 1.165) is 0 Å². The Morgan fingerprint density at radius 2 is 2.21 bits per heavy atom. The molecule has 7 heteroatoms. The van der Waals surface area contributed by atoms with Gasteiger partial charge < -0.3 is 4.90 Å². The van der Waals surface area contributed by atoms with E-state index in [4.69, 9.17) is 0 Å². The maximum Gasteiger partial charge on any atom is 0.293 e. The van der Waals surface area contributed by atoms with Gasteiger partial charge in [-0.3, -0.25) is 19.7 Å². The van der Waals surface area contributed by atoms with Gasteiger partial charge in [0.25, 0.3) is 5.69 Å². The number of ketones is 1. The maximum atomic E-state index is 11.8. The average molecular weight is 280 g/mol. The zero-order valence-electron chi connectivity index (χ0n) is 10.2. The third-order valence-corrected chi connectivity index (χ3v) is 3.32. The fourth-order valence-corrected chi connectivity index (χ4v) is 2.36. The van der Waals surface area contributed by atoms with Crippen LogP contribution >= 0.6 is 12.6 Å². The van der Waals surface area contributed by atoms with Gasteiger partial charge in [0.15, 0.2) is 5.78 Å². The van der Waals surface area contributed by atoms with Crippen molar-refractivity contribution in [1.29, 1.82) is 0 Å². The number of anilines is 1. The normalized spacial score (nSPS) is 18.7. The zero-order chi connectivity index (χ0) is 14.2. The van der Waals surface area contributed by atoms with Crippen LogP contribution in [0.5, 0.6) is 0 Å². The average Bonchev–Trinajstić information content (AvgIpc) is 2.67. The van der Waals surface area contributed by atoms with E-state index >= 15 is 0 Å².